The van der Waals surface area contributed by atoms with Crippen LogP contribution in [0.3, 0.4) is 0 Å². The Bertz CT molecular complexity index is 803. The van der Waals surface area contributed by atoms with Gasteiger partial charge in [0.25, 0.3) is 0 Å². The van der Waals surface area contributed by atoms with Crippen LogP contribution in [0.2, 0.25) is 0 Å². The summed E-state index contributed by atoms with van der Waals surface area (Å²) in [6.45, 7) is 8.07. The van der Waals surface area contributed by atoms with Crippen LogP contribution in [-0.2, 0) is 20.9 Å². The summed E-state index contributed by atoms with van der Waals surface area (Å²) in [5, 5.41) is 2.90. The monoisotopic (exact) mass is 403 g/mol. The first kappa shape index (κ1) is 19.6. The van der Waals surface area contributed by atoms with Crippen molar-refractivity contribution in [3.05, 3.63) is 28.2 Å². The Kier molecular flexibility index (Phi) is 5.08. The first-order chi connectivity index (χ1) is 13.4. The fraction of sp³-hybridized carbons (Fsp3) is 0.667. The molecule has 2 fully saturated rings. The highest BCUT2D eigenvalue weighted by molar-refractivity contribution is 7.09. The summed E-state index contributed by atoms with van der Waals surface area (Å²) in [7, 11) is 1.79. The van der Waals surface area contributed by atoms with Gasteiger partial charge in [0.1, 0.15) is 10.6 Å². The van der Waals surface area contributed by atoms with Gasteiger partial charge >= 0.3 is 0 Å². The number of carbonyl (C=O) groups excluding carboxylic acids is 2. The fourth-order valence-electron chi connectivity index (χ4n) is 4.88. The zero-order chi connectivity index (χ0) is 20.1. The van der Waals surface area contributed by atoms with Gasteiger partial charge in [0.2, 0.25) is 11.8 Å². The van der Waals surface area contributed by atoms with Crippen LogP contribution in [0, 0.1) is 24.7 Å². The topological polar surface area (TPSA) is 62.7 Å². The number of amides is 2. The number of fused-ring (bicyclic) bond motifs is 1. The van der Waals surface area contributed by atoms with E-state index in [1.54, 1.807) is 23.3 Å². The van der Waals surface area contributed by atoms with E-state index in [4.69, 9.17) is 4.74 Å². The van der Waals surface area contributed by atoms with Crippen molar-refractivity contribution in [2.45, 2.75) is 51.9 Å². The molecule has 28 heavy (non-hydrogen) atoms. The van der Waals surface area contributed by atoms with E-state index in [0.29, 0.717) is 19.0 Å². The molecule has 3 aliphatic rings. The Morgan fingerprint density at radius 1 is 1.46 bits per heavy atom. The predicted octanol–water partition coefficient (Wildman–Crippen LogP) is 2.63. The molecular formula is C21H29N3O3S. The van der Waals surface area contributed by atoms with E-state index in [2.05, 4.69) is 18.8 Å². The number of nitrogens with zero attached hydrogens (tertiary/aromatic N) is 3. The number of ether oxygens (including phenoxy) is 1. The molecule has 0 aromatic carbocycles. The number of likely N-dealkylation sites (tertiary alicyclic amines) is 1. The molecule has 1 spiro atoms. The lowest BCUT2D eigenvalue weighted by molar-refractivity contribution is -0.142. The lowest BCUT2D eigenvalue weighted by Gasteiger charge is -2.27. The first-order valence-electron chi connectivity index (χ1n) is 10.2. The SMILES string of the molecule is CCC(CC)CN1C[C@]23C=C[C@H](O2)C(C(=O)N(C)Cc2nc(C)cs2)C3C1=O. The van der Waals surface area contributed by atoms with Crippen LogP contribution < -0.4 is 0 Å². The number of hydrogen-bond donors (Lipinski definition) is 0. The summed E-state index contributed by atoms with van der Waals surface area (Å²) in [6, 6.07) is 0. The molecule has 2 unspecified atom stereocenters. The number of carbonyl (C=O) groups is 2. The van der Waals surface area contributed by atoms with Gasteiger partial charge in [-0.25, -0.2) is 4.98 Å². The highest BCUT2D eigenvalue weighted by Gasteiger charge is 2.67. The van der Waals surface area contributed by atoms with E-state index < -0.39 is 17.4 Å². The average Bonchev–Trinajstić information content (AvgIpc) is 3.41. The van der Waals surface area contributed by atoms with Crippen molar-refractivity contribution in [2.75, 3.05) is 20.1 Å². The molecular weight excluding hydrogens is 374 g/mol. The van der Waals surface area contributed by atoms with Crippen molar-refractivity contribution in [3.63, 3.8) is 0 Å². The van der Waals surface area contributed by atoms with Gasteiger partial charge in [0, 0.05) is 24.7 Å². The number of aromatic nitrogens is 1. The van der Waals surface area contributed by atoms with Crippen LogP contribution in [0.4, 0.5) is 0 Å². The molecule has 0 aliphatic carbocycles. The number of hydrogen-bond acceptors (Lipinski definition) is 5. The first-order valence-corrected chi connectivity index (χ1v) is 11.1. The van der Waals surface area contributed by atoms with Crippen LogP contribution in [0.25, 0.3) is 0 Å². The largest absolute Gasteiger partial charge is 0.360 e. The van der Waals surface area contributed by atoms with E-state index in [-0.39, 0.29) is 17.9 Å². The quantitative estimate of drug-likeness (QED) is 0.657. The third kappa shape index (κ3) is 3.08. The third-order valence-electron chi connectivity index (χ3n) is 6.51. The summed E-state index contributed by atoms with van der Waals surface area (Å²) in [5.41, 5.74) is 0.348. The standard InChI is InChI=1S/C21H29N3O3S/c1-5-14(6-2)9-24-12-21-8-7-15(27-21)17(18(21)20(24)26)19(25)23(4)10-16-22-13(3)11-28-16/h7-8,11,14-15,17-18H,5-6,9-10,12H2,1-4H3/t15-,17?,18?,21-/m0/s1. The molecule has 4 rings (SSSR count). The summed E-state index contributed by atoms with van der Waals surface area (Å²) >= 11 is 1.56. The molecule has 152 valence electrons. The van der Waals surface area contributed by atoms with E-state index in [1.807, 2.05) is 29.4 Å². The molecule has 6 nitrogen and oxygen atoms in total. The van der Waals surface area contributed by atoms with Gasteiger partial charge in [-0.05, 0) is 12.8 Å². The van der Waals surface area contributed by atoms with E-state index in [9.17, 15) is 9.59 Å². The van der Waals surface area contributed by atoms with Gasteiger partial charge in [0.15, 0.2) is 0 Å². The second-order valence-corrected chi connectivity index (χ2v) is 9.32. The lowest BCUT2D eigenvalue weighted by Crippen LogP contribution is -2.44. The molecule has 0 saturated carbocycles. The van der Waals surface area contributed by atoms with Crippen LogP contribution in [0.15, 0.2) is 17.5 Å². The Balaban J connectivity index is 1.52. The van der Waals surface area contributed by atoms with Crippen molar-refractivity contribution >= 4 is 23.2 Å². The van der Waals surface area contributed by atoms with Crippen LogP contribution in [-0.4, -0.2) is 58.4 Å². The molecule has 0 N–H and O–H groups in total. The molecule has 0 radical (unpaired) electrons. The minimum absolute atomic E-state index is 0.0215. The molecule has 4 atom stereocenters. The van der Waals surface area contributed by atoms with Crippen LogP contribution in [0.5, 0.6) is 0 Å². The maximum absolute atomic E-state index is 13.3. The van der Waals surface area contributed by atoms with Crippen molar-refractivity contribution in [3.8, 4) is 0 Å². The molecule has 2 saturated heterocycles. The molecule has 1 aromatic heterocycles. The van der Waals surface area contributed by atoms with E-state index in [1.165, 1.54) is 0 Å². The van der Waals surface area contributed by atoms with Crippen LogP contribution in [0.1, 0.15) is 37.4 Å². The number of aryl methyl sites for hydroxylation is 1. The average molecular weight is 404 g/mol. The fourth-order valence-corrected chi connectivity index (χ4v) is 5.71. The van der Waals surface area contributed by atoms with Crippen molar-refractivity contribution in [1.29, 1.82) is 0 Å². The molecule has 2 bridgehead atoms. The van der Waals surface area contributed by atoms with Gasteiger partial charge < -0.3 is 14.5 Å². The minimum atomic E-state index is -0.618. The van der Waals surface area contributed by atoms with Gasteiger partial charge in [-0.15, -0.1) is 11.3 Å². The summed E-state index contributed by atoms with van der Waals surface area (Å²) in [6.07, 6.45) is 5.82. The van der Waals surface area contributed by atoms with Crippen molar-refractivity contribution < 1.29 is 14.3 Å². The van der Waals surface area contributed by atoms with E-state index in [0.717, 1.165) is 30.1 Å². The van der Waals surface area contributed by atoms with Gasteiger partial charge in [-0.3, -0.25) is 9.59 Å². The minimum Gasteiger partial charge on any atom is -0.360 e. The number of thiazole rings is 1. The lowest BCUT2D eigenvalue weighted by atomic mass is 9.76. The maximum Gasteiger partial charge on any atom is 0.230 e. The molecule has 3 aliphatic heterocycles. The smallest absolute Gasteiger partial charge is 0.230 e. The van der Waals surface area contributed by atoms with Gasteiger partial charge in [0.05, 0.1) is 31.0 Å². The highest BCUT2D eigenvalue weighted by atomic mass is 32.1. The Labute approximate surface area is 170 Å². The zero-order valence-electron chi connectivity index (χ0n) is 17.1. The van der Waals surface area contributed by atoms with Gasteiger partial charge in [-0.2, -0.15) is 0 Å². The molecule has 2 amide bonds. The molecule has 7 heteroatoms. The molecule has 4 heterocycles. The maximum atomic E-state index is 13.3. The van der Waals surface area contributed by atoms with Crippen molar-refractivity contribution in [2.24, 2.45) is 17.8 Å². The molecule has 1 aromatic rings. The summed E-state index contributed by atoms with van der Waals surface area (Å²) < 4.78 is 6.24. The summed E-state index contributed by atoms with van der Waals surface area (Å²) in [5.74, 6) is -0.284. The third-order valence-corrected chi connectivity index (χ3v) is 7.46. The Hall–Kier alpha value is -1.73. The van der Waals surface area contributed by atoms with Gasteiger partial charge in [-0.1, -0.05) is 38.8 Å². The zero-order valence-corrected chi connectivity index (χ0v) is 17.9. The highest BCUT2D eigenvalue weighted by Crippen LogP contribution is 2.52. The normalized spacial score (nSPS) is 30.5. The predicted molar refractivity (Wildman–Crippen MR) is 108 cm³/mol. The second kappa shape index (κ2) is 7.26. The van der Waals surface area contributed by atoms with Crippen molar-refractivity contribution in [1.82, 2.24) is 14.8 Å². The Morgan fingerprint density at radius 2 is 2.21 bits per heavy atom. The summed E-state index contributed by atoms with van der Waals surface area (Å²) in [4.78, 5) is 34.6. The van der Waals surface area contributed by atoms with Crippen LogP contribution >= 0.6 is 11.3 Å². The Morgan fingerprint density at radius 3 is 2.86 bits per heavy atom. The number of rotatable bonds is 7. The second-order valence-electron chi connectivity index (χ2n) is 8.38. The van der Waals surface area contributed by atoms with E-state index >= 15 is 0 Å².